The van der Waals surface area contributed by atoms with Crippen molar-refractivity contribution >= 4 is 57.7 Å². The van der Waals surface area contributed by atoms with E-state index in [2.05, 4.69) is 9.97 Å². The van der Waals surface area contributed by atoms with Crippen molar-refractivity contribution in [3.8, 4) is 44.5 Å². The first-order valence-electron chi connectivity index (χ1n) is 20.5. The molecule has 2 aliphatic heterocycles. The SMILES string of the molecule is CCN(C)c1cccc(-c2c3nc(c(-c4c(F)c(F)c(F)c(F)c4F)c4ccc([nH]4)c(-c4cccc(N(C)CC)c4)c4nc(c(-c5c(F)c(F)c(F)c(F)c5F)c5ccc2[nH]5)C=C4)C=C3)c1. The molecule has 0 amide bonds. The normalized spacial score (nSPS) is 12.1. The molecule has 4 aromatic carbocycles. The van der Waals surface area contributed by atoms with Crippen molar-refractivity contribution in [3.63, 3.8) is 0 Å². The minimum atomic E-state index is -2.35. The molecule has 0 unspecified atom stereocenters. The Bertz CT molecular complexity index is 3120. The first kappa shape index (κ1) is 43.6. The highest BCUT2D eigenvalue weighted by molar-refractivity contribution is 6.00. The molecular formula is C50H34F10N6. The lowest BCUT2D eigenvalue weighted by Gasteiger charge is -2.18. The summed E-state index contributed by atoms with van der Waals surface area (Å²) in [4.78, 5) is 19.5. The molecule has 3 aromatic heterocycles. The van der Waals surface area contributed by atoms with Crippen molar-refractivity contribution in [1.29, 1.82) is 0 Å². The number of hydrogen-bond acceptors (Lipinski definition) is 4. The lowest BCUT2D eigenvalue weighted by molar-refractivity contribution is 0.381. The molecule has 66 heavy (non-hydrogen) atoms. The van der Waals surface area contributed by atoms with Crippen LogP contribution in [-0.2, 0) is 0 Å². The molecule has 334 valence electrons. The zero-order valence-electron chi connectivity index (χ0n) is 35.2. The van der Waals surface area contributed by atoms with Crippen LogP contribution in [0, 0.1) is 58.2 Å². The molecule has 8 bridgehead atoms. The van der Waals surface area contributed by atoms with Crippen LogP contribution in [0.5, 0.6) is 0 Å². The predicted molar refractivity (Wildman–Crippen MR) is 238 cm³/mol. The number of aromatic amines is 2. The fraction of sp³-hybridized carbons (Fsp3) is 0.120. The van der Waals surface area contributed by atoms with Crippen molar-refractivity contribution in [2.45, 2.75) is 13.8 Å². The highest BCUT2D eigenvalue weighted by Crippen LogP contribution is 2.43. The van der Waals surface area contributed by atoms with E-state index in [1.807, 2.05) is 49.9 Å². The number of fused-ring (bicyclic) bond motifs is 8. The average Bonchev–Trinajstić information content (AvgIpc) is 4.19. The number of H-pyrrole nitrogens is 2. The van der Waals surface area contributed by atoms with Gasteiger partial charge in [0.05, 0.1) is 33.9 Å². The minimum Gasteiger partial charge on any atom is -0.375 e. The fourth-order valence-corrected chi connectivity index (χ4v) is 8.15. The van der Waals surface area contributed by atoms with Gasteiger partial charge in [0, 0.05) is 82.9 Å². The molecule has 0 radical (unpaired) electrons. The number of nitrogens with one attached hydrogen (secondary N) is 2. The Hall–Kier alpha value is -7.62. The van der Waals surface area contributed by atoms with Crippen LogP contribution in [0.15, 0.2) is 72.8 Å². The van der Waals surface area contributed by atoms with Crippen LogP contribution in [0.1, 0.15) is 36.6 Å². The van der Waals surface area contributed by atoms with E-state index in [9.17, 15) is 8.78 Å². The van der Waals surface area contributed by atoms with Crippen molar-refractivity contribution in [3.05, 3.63) is 154 Å². The van der Waals surface area contributed by atoms with Gasteiger partial charge in [0.25, 0.3) is 0 Å². The Balaban J connectivity index is 1.52. The molecule has 2 N–H and O–H groups in total. The number of nitrogens with zero attached hydrogens (tertiary/aromatic N) is 4. The lowest BCUT2D eigenvalue weighted by Crippen LogP contribution is -2.15. The zero-order chi connectivity index (χ0) is 46.9. The van der Waals surface area contributed by atoms with E-state index in [0.717, 1.165) is 11.4 Å². The molecule has 0 saturated carbocycles. The number of halogens is 10. The maximum absolute atomic E-state index is 16.1. The van der Waals surface area contributed by atoms with Gasteiger partial charge in [-0.2, -0.15) is 0 Å². The topological polar surface area (TPSA) is 63.8 Å². The molecule has 0 spiro atoms. The van der Waals surface area contributed by atoms with Crippen molar-refractivity contribution in [2.75, 3.05) is 37.0 Å². The molecule has 0 fully saturated rings. The summed E-state index contributed by atoms with van der Waals surface area (Å²) in [5, 5.41) is 0. The van der Waals surface area contributed by atoms with Crippen molar-refractivity contribution < 1.29 is 43.9 Å². The summed E-state index contributed by atoms with van der Waals surface area (Å²) in [6.07, 6.45) is 5.56. The van der Waals surface area contributed by atoms with E-state index in [4.69, 9.17) is 9.97 Å². The Morgan fingerprint density at radius 1 is 0.379 bits per heavy atom. The van der Waals surface area contributed by atoms with Gasteiger partial charge in [-0.15, -0.1) is 0 Å². The third-order valence-corrected chi connectivity index (χ3v) is 11.8. The van der Waals surface area contributed by atoms with E-state index in [1.54, 1.807) is 36.4 Å². The summed E-state index contributed by atoms with van der Waals surface area (Å²) in [5.74, 6) is -21.8. The second kappa shape index (κ2) is 16.7. The van der Waals surface area contributed by atoms with Crippen LogP contribution in [-0.4, -0.2) is 47.1 Å². The van der Waals surface area contributed by atoms with Gasteiger partial charge in [-0.25, -0.2) is 53.9 Å². The number of benzene rings is 4. The van der Waals surface area contributed by atoms with E-state index >= 15 is 35.1 Å². The smallest absolute Gasteiger partial charge is 0.200 e. The lowest BCUT2D eigenvalue weighted by atomic mass is 10.0. The number of anilines is 2. The monoisotopic (exact) mass is 908 g/mol. The van der Waals surface area contributed by atoms with Crippen LogP contribution >= 0.6 is 0 Å². The van der Waals surface area contributed by atoms with Gasteiger partial charge >= 0.3 is 0 Å². The standard InChI is InChI=1S/C50H34F10N6/c1-5-65(3)25-11-7-9-23(21-25)35-27-13-17-31(61-27)37(39-41(51)45(55)49(59)46(56)42(39)52)33-19-15-29(63-33)36(24-10-8-12-26(22-24)66(4)6-2)30-16-20-34(64-30)38(32-18-14-28(35)62-32)40-43(53)47(57)50(60)48(58)44(40)54/h7-22,61,64H,5-6H2,1-4H3. The second-order valence-electron chi connectivity index (χ2n) is 15.5. The van der Waals surface area contributed by atoms with Crippen LogP contribution in [0.2, 0.25) is 0 Å². The van der Waals surface area contributed by atoms with E-state index in [0.29, 0.717) is 24.2 Å². The zero-order valence-corrected chi connectivity index (χ0v) is 35.2. The third kappa shape index (κ3) is 7.07. The van der Waals surface area contributed by atoms with Gasteiger partial charge in [-0.1, -0.05) is 24.3 Å². The maximum atomic E-state index is 16.1. The van der Waals surface area contributed by atoms with Gasteiger partial charge < -0.3 is 19.8 Å². The molecular weight excluding hydrogens is 875 g/mol. The van der Waals surface area contributed by atoms with Crippen molar-refractivity contribution in [2.24, 2.45) is 0 Å². The van der Waals surface area contributed by atoms with Gasteiger partial charge in [-0.05, 0) is 97.8 Å². The maximum Gasteiger partial charge on any atom is 0.200 e. The second-order valence-corrected chi connectivity index (χ2v) is 15.5. The Morgan fingerprint density at radius 3 is 0.985 bits per heavy atom. The predicted octanol–water partition coefficient (Wildman–Crippen LogP) is 13.6. The van der Waals surface area contributed by atoms with Crippen molar-refractivity contribution in [1.82, 2.24) is 19.9 Å². The summed E-state index contributed by atoms with van der Waals surface area (Å²) >= 11 is 0. The highest BCUT2D eigenvalue weighted by atomic mass is 19.2. The molecule has 2 aliphatic rings. The first-order valence-corrected chi connectivity index (χ1v) is 20.5. The van der Waals surface area contributed by atoms with Gasteiger partial charge in [0.1, 0.15) is 0 Å². The Labute approximate surface area is 369 Å². The summed E-state index contributed by atoms with van der Waals surface area (Å²) in [6.45, 7) is 5.00. The van der Waals surface area contributed by atoms with Crippen LogP contribution in [0.25, 0.3) is 90.9 Å². The molecule has 7 aromatic rings. The highest BCUT2D eigenvalue weighted by Gasteiger charge is 2.32. The molecule has 5 heterocycles. The van der Waals surface area contributed by atoms with Gasteiger partial charge in [0.15, 0.2) is 46.5 Å². The van der Waals surface area contributed by atoms with E-state index < -0.39 is 80.4 Å². The molecule has 9 rings (SSSR count). The summed E-state index contributed by atoms with van der Waals surface area (Å²) in [7, 11) is 3.67. The van der Waals surface area contributed by atoms with E-state index in [-0.39, 0.29) is 56.0 Å². The molecule has 16 heteroatoms. The molecule has 0 saturated heterocycles. The summed E-state index contributed by atoms with van der Waals surface area (Å²) in [6, 6.07) is 19.7. The number of hydrogen-bond donors (Lipinski definition) is 2. The summed E-state index contributed by atoms with van der Waals surface area (Å²) in [5.41, 5.74) is -0.802. The molecule has 6 nitrogen and oxygen atoms in total. The Kier molecular flexibility index (Phi) is 11.1. The first-order chi connectivity index (χ1) is 31.6. The van der Waals surface area contributed by atoms with Gasteiger partial charge in [-0.3, -0.25) is 0 Å². The van der Waals surface area contributed by atoms with E-state index in [1.165, 1.54) is 48.6 Å². The largest absolute Gasteiger partial charge is 0.375 e. The van der Waals surface area contributed by atoms with Crippen LogP contribution in [0.4, 0.5) is 55.3 Å². The number of rotatable bonds is 8. The minimum absolute atomic E-state index is 0.0885. The van der Waals surface area contributed by atoms with Crippen LogP contribution in [0.3, 0.4) is 0 Å². The van der Waals surface area contributed by atoms with Crippen LogP contribution < -0.4 is 9.80 Å². The third-order valence-electron chi connectivity index (χ3n) is 11.8. The average molecular weight is 909 g/mol. The molecule has 0 atom stereocenters. The van der Waals surface area contributed by atoms with Gasteiger partial charge in [0.2, 0.25) is 11.6 Å². The Morgan fingerprint density at radius 2 is 0.667 bits per heavy atom. The fourth-order valence-electron chi connectivity index (χ4n) is 8.15. The molecule has 0 aliphatic carbocycles. The number of aromatic nitrogens is 4. The quantitative estimate of drug-likeness (QED) is 0.0906. The summed E-state index contributed by atoms with van der Waals surface area (Å²) < 4.78 is 154.